The molecule has 0 saturated carbocycles. The van der Waals surface area contributed by atoms with Crippen LogP contribution in [0.3, 0.4) is 0 Å². The molecule has 0 rings (SSSR count). The topological polar surface area (TPSA) is 71.5 Å². The number of nitrogens with zero attached hydrogens (tertiary/aromatic N) is 1. The molecule has 13 heavy (non-hydrogen) atoms. The zero-order chi connectivity index (χ0) is 10.6. The summed E-state index contributed by atoms with van der Waals surface area (Å²) in [7, 11) is 0. The van der Waals surface area contributed by atoms with Gasteiger partial charge in [-0.2, -0.15) is 0 Å². The van der Waals surface area contributed by atoms with Crippen LogP contribution in [0.15, 0.2) is 0 Å². The quantitative estimate of drug-likeness (QED) is 0.440. The molecule has 0 radical (unpaired) electrons. The number of rotatable bonds is 3. The summed E-state index contributed by atoms with van der Waals surface area (Å²) in [5.41, 5.74) is 0. The highest BCUT2D eigenvalue weighted by molar-refractivity contribution is 6.05. The second-order valence-corrected chi connectivity index (χ2v) is 2.60. The molecule has 0 aromatic heterocycles. The van der Waals surface area contributed by atoms with Crippen molar-refractivity contribution in [3.63, 3.8) is 0 Å². The third-order valence-electron chi connectivity index (χ3n) is 1.50. The minimum atomic E-state index is -1.28. The van der Waals surface area contributed by atoms with Crippen LogP contribution >= 0.6 is 0 Å². The molecule has 72 valence electrons. The van der Waals surface area contributed by atoms with Gasteiger partial charge in [-0.25, -0.2) is 0 Å². The fraction of sp³-hybridized carbons (Fsp3) is 0.500. The van der Waals surface area contributed by atoms with Crippen molar-refractivity contribution in [1.82, 2.24) is 4.90 Å². The maximum Gasteiger partial charge on any atom is 0.227 e. The summed E-state index contributed by atoms with van der Waals surface area (Å²) in [5.74, 6) is -1.75. The van der Waals surface area contributed by atoms with Crippen LogP contribution < -0.4 is 0 Å². The zero-order valence-corrected chi connectivity index (χ0v) is 7.73. The van der Waals surface area contributed by atoms with Crippen molar-refractivity contribution in [1.29, 1.82) is 0 Å². The number of carbonyl (C=O) groups is 4. The van der Waals surface area contributed by atoms with Gasteiger partial charge in [0, 0.05) is 13.8 Å². The van der Waals surface area contributed by atoms with Gasteiger partial charge in [-0.1, -0.05) is 0 Å². The smallest absolute Gasteiger partial charge is 0.227 e. The van der Waals surface area contributed by atoms with Crippen LogP contribution in [0.1, 0.15) is 20.8 Å². The molecule has 2 amide bonds. The molecule has 0 aromatic rings. The molecule has 1 atom stereocenters. The SMILES string of the molecule is CC(=O)[C@@H](C=O)N(C(C)=O)C(C)=O. The third kappa shape index (κ3) is 2.77. The van der Waals surface area contributed by atoms with Gasteiger partial charge < -0.3 is 4.79 Å². The van der Waals surface area contributed by atoms with E-state index in [0.29, 0.717) is 4.90 Å². The summed E-state index contributed by atoms with van der Waals surface area (Å²) in [5, 5.41) is 0. The summed E-state index contributed by atoms with van der Waals surface area (Å²) >= 11 is 0. The fourth-order valence-corrected chi connectivity index (χ4v) is 0.952. The van der Waals surface area contributed by atoms with Gasteiger partial charge in [0.1, 0.15) is 0 Å². The van der Waals surface area contributed by atoms with Gasteiger partial charge in [0.2, 0.25) is 11.8 Å². The van der Waals surface area contributed by atoms with Crippen molar-refractivity contribution in [2.75, 3.05) is 0 Å². The number of aldehydes is 1. The Morgan fingerprint density at radius 2 is 1.46 bits per heavy atom. The molecule has 0 unspecified atom stereocenters. The lowest BCUT2D eigenvalue weighted by Crippen LogP contribution is -2.47. The Morgan fingerprint density at radius 1 is 1.08 bits per heavy atom. The van der Waals surface area contributed by atoms with E-state index in [1.165, 1.54) is 0 Å². The molecule has 0 spiro atoms. The third-order valence-corrected chi connectivity index (χ3v) is 1.50. The van der Waals surface area contributed by atoms with E-state index in [9.17, 15) is 19.2 Å². The summed E-state index contributed by atoms with van der Waals surface area (Å²) < 4.78 is 0. The molecule has 5 nitrogen and oxygen atoms in total. The van der Waals surface area contributed by atoms with Gasteiger partial charge >= 0.3 is 0 Å². The van der Waals surface area contributed by atoms with Crippen molar-refractivity contribution in [3.8, 4) is 0 Å². The fourth-order valence-electron chi connectivity index (χ4n) is 0.952. The van der Waals surface area contributed by atoms with E-state index in [1.807, 2.05) is 0 Å². The second-order valence-electron chi connectivity index (χ2n) is 2.60. The highest BCUT2D eigenvalue weighted by Crippen LogP contribution is 2.00. The molecule has 0 aliphatic heterocycles. The number of ketones is 1. The standard InChI is InChI=1S/C8H11NO4/c1-5(11)8(4-10)9(6(2)12)7(3)13/h4,8H,1-3H3/t8-/m1/s1. The lowest BCUT2D eigenvalue weighted by atomic mass is 10.2. The Labute approximate surface area is 75.7 Å². The number of hydrogen-bond donors (Lipinski definition) is 0. The van der Waals surface area contributed by atoms with Crippen LogP contribution in [0.25, 0.3) is 0 Å². The van der Waals surface area contributed by atoms with E-state index >= 15 is 0 Å². The number of Topliss-reactive ketones (excluding diaryl/α,β-unsaturated/α-hetero) is 1. The van der Waals surface area contributed by atoms with Crippen LogP contribution in [-0.2, 0) is 19.2 Å². The predicted molar refractivity (Wildman–Crippen MR) is 43.7 cm³/mol. The van der Waals surface area contributed by atoms with Crippen molar-refractivity contribution < 1.29 is 19.2 Å². The average Bonchev–Trinajstić information content (AvgIpc) is 1.97. The normalized spacial score (nSPS) is 11.6. The molecular formula is C8H11NO4. The first-order valence-corrected chi connectivity index (χ1v) is 3.68. The maximum atomic E-state index is 10.9. The second kappa shape index (κ2) is 4.49. The molecule has 0 aromatic carbocycles. The molecular weight excluding hydrogens is 174 g/mol. The van der Waals surface area contributed by atoms with E-state index in [1.54, 1.807) is 0 Å². The Bertz CT molecular complexity index is 245. The zero-order valence-electron chi connectivity index (χ0n) is 7.73. The molecule has 0 N–H and O–H groups in total. The first-order chi connectivity index (χ1) is 5.91. The lowest BCUT2D eigenvalue weighted by Gasteiger charge is -2.21. The highest BCUT2D eigenvalue weighted by Gasteiger charge is 2.27. The van der Waals surface area contributed by atoms with Crippen molar-refractivity contribution >= 4 is 23.9 Å². The summed E-state index contributed by atoms with van der Waals surface area (Å²) in [6.07, 6.45) is 0.283. The summed E-state index contributed by atoms with van der Waals surface area (Å²) in [6, 6.07) is -1.28. The number of amides is 2. The maximum absolute atomic E-state index is 10.9. The largest absolute Gasteiger partial charge is 0.301 e. The molecule has 0 aliphatic carbocycles. The minimum Gasteiger partial charge on any atom is -0.301 e. The van der Waals surface area contributed by atoms with E-state index < -0.39 is 23.6 Å². The number of imide groups is 1. The van der Waals surface area contributed by atoms with Crippen LogP contribution in [-0.4, -0.2) is 34.8 Å². The first-order valence-electron chi connectivity index (χ1n) is 3.68. The Balaban J connectivity index is 4.90. The van der Waals surface area contributed by atoms with Crippen LogP contribution in [0.5, 0.6) is 0 Å². The van der Waals surface area contributed by atoms with Gasteiger partial charge in [0.15, 0.2) is 18.1 Å². The Morgan fingerprint density at radius 3 is 1.54 bits per heavy atom. The van der Waals surface area contributed by atoms with E-state index in [2.05, 4.69) is 0 Å². The van der Waals surface area contributed by atoms with Gasteiger partial charge in [0.25, 0.3) is 0 Å². The first kappa shape index (κ1) is 11.5. The molecule has 0 fully saturated rings. The number of hydrogen-bond acceptors (Lipinski definition) is 4. The van der Waals surface area contributed by atoms with Crippen molar-refractivity contribution in [2.24, 2.45) is 0 Å². The molecule has 0 heterocycles. The molecule has 5 heteroatoms. The van der Waals surface area contributed by atoms with Gasteiger partial charge in [0.05, 0.1) is 0 Å². The van der Waals surface area contributed by atoms with E-state index in [0.717, 1.165) is 20.8 Å². The Hall–Kier alpha value is -1.52. The van der Waals surface area contributed by atoms with Gasteiger partial charge in [-0.15, -0.1) is 0 Å². The monoisotopic (exact) mass is 185 g/mol. The summed E-state index contributed by atoms with van der Waals surface area (Å²) in [6.45, 7) is 3.40. The molecule has 0 bridgehead atoms. The van der Waals surface area contributed by atoms with E-state index in [4.69, 9.17) is 0 Å². The van der Waals surface area contributed by atoms with E-state index in [-0.39, 0.29) is 6.29 Å². The van der Waals surface area contributed by atoms with Crippen LogP contribution in [0.2, 0.25) is 0 Å². The van der Waals surface area contributed by atoms with Crippen LogP contribution in [0, 0.1) is 0 Å². The van der Waals surface area contributed by atoms with Crippen LogP contribution in [0.4, 0.5) is 0 Å². The van der Waals surface area contributed by atoms with Gasteiger partial charge in [-0.3, -0.25) is 19.3 Å². The number of carbonyl (C=O) groups excluding carboxylic acids is 4. The van der Waals surface area contributed by atoms with Gasteiger partial charge in [-0.05, 0) is 6.92 Å². The lowest BCUT2D eigenvalue weighted by molar-refractivity contribution is -0.150. The van der Waals surface area contributed by atoms with Crippen molar-refractivity contribution in [3.05, 3.63) is 0 Å². The minimum absolute atomic E-state index is 0.283. The Kier molecular flexibility index (Phi) is 3.97. The highest BCUT2D eigenvalue weighted by atomic mass is 16.2. The molecule has 0 aliphatic rings. The molecule has 0 saturated heterocycles. The average molecular weight is 185 g/mol. The predicted octanol–water partition coefficient (Wildman–Crippen LogP) is -0.462. The summed E-state index contributed by atoms with van der Waals surface area (Å²) in [4.78, 5) is 43.7. The van der Waals surface area contributed by atoms with Crippen molar-refractivity contribution in [2.45, 2.75) is 26.8 Å².